The summed E-state index contributed by atoms with van der Waals surface area (Å²) in [5, 5.41) is 11.9. The van der Waals surface area contributed by atoms with E-state index in [0.29, 0.717) is 10.7 Å². The van der Waals surface area contributed by atoms with Crippen molar-refractivity contribution < 1.29 is 14.7 Å². The fraction of sp³-hybridized carbons (Fsp3) is 0.545. The van der Waals surface area contributed by atoms with Gasteiger partial charge in [0.25, 0.3) is 0 Å². The summed E-state index contributed by atoms with van der Waals surface area (Å²) >= 11 is 0.994. The Bertz CT molecular complexity index is 441. The maximum absolute atomic E-state index is 11.8. The quantitative estimate of drug-likeness (QED) is 0.818. The van der Waals surface area contributed by atoms with E-state index in [-0.39, 0.29) is 18.0 Å². The first kappa shape index (κ1) is 14.6. The largest absolute Gasteiger partial charge is 0.478 e. The molecule has 1 aromatic heterocycles. The number of carboxylic acids is 1. The summed E-state index contributed by atoms with van der Waals surface area (Å²) in [5.41, 5.74) is 0.499. The van der Waals surface area contributed by atoms with Crippen LogP contribution in [0.5, 0.6) is 0 Å². The van der Waals surface area contributed by atoms with Crippen LogP contribution in [-0.4, -0.2) is 45.9 Å². The maximum atomic E-state index is 11.8. The number of hydrogen-bond donors (Lipinski definition) is 2. The normalized spacial score (nSPS) is 10.7. The van der Waals surface area contributed by atoms with Crippen molar-refractivity contribution in [3.63, 3.8) is 0 Å². The first-order valence-corrected chi connectivity index (χ1v) is 6.48. The minimum absolute atomic E-state index is 0.0768. The number of likely N-dealkylation sites (N-methyl/N-ethyl adjacent to an activating group) is 1. The molecule has 0 fully saturated rings. The zero-order chi connectivity index (χ0) is 13.7. The second kappa shape index (κ2) is 6.46. The van der Waals surface area contributed by atoms with Crippen molar-refractivity contribution in [2.75, 3.05) is 25.0 Å². The second-order valence-corrected chi connectivity index (χ2v) is 4.56. The lowest BCUT2D eigenvalue weighted by atomic mass is 10.2. The Morgan fingerprint density at radius 2 is 2.00 bits per heavy atom. The van der Waals surface area contributed by atoms with Crippen molar-refractivity contribution in [2.45, 2.75) is 20.8 Å². The highest BCUT2D eigenvalue weighted by molar-refractivity contribution is 7.11. The van der Waals surface area contributed by atoms with Gasteiger partial charge < -0.3 is 10.4 Å². The zero-order valence-electron chi connectivity index (χ0n) is 10.7. The first-order chi connectivity index (χ1) is 8.49. The molecule has 6 nitrogen and oxygen atoms in total. The number of carbonyl (C=O) groups is 2. The van der Waals surface area contributed by atoms with E-state index in [1.807, 2.05) is 18.7 Å². The minimum Gasteiger partial charge on any atom is -0.478 e. The van der Waals surface area contributed by atoms with Gasteiger partial charge in [0.1, 0.15) is 10.6 Å². The molecule has 18 heavy (non-hydrogen) atoms. The fourth-order valence-electron chi connectivity index (χ4n) is 1.52. The number of nitrogens with zero attached hydrogens (tertiary/aromatic N) is 2. The number of aryl methyl sites for hydroxylation is 1. The van der Waals surface area contributed by atoms with Crippen molar-refractivity contribution in [2.24, 2.45) is 0 Å². The summed E-state index contributed by atoms with van der Waals surface area (Å²) in [5.74, 6) is -1.29. The van der Waals surface area contributed by atoms with E-state index < -0.39 is 5.97 Å². The molecule has 0 saturated heterocycles. The fourth-order valence-corrected chi connectivity index (χ4v) is 2.33. The van der Waals surface area contributed by atoms with Crippen LogP contribution >= 0.6 is 11.5 Å². The van der Waals surface area contributed by atoms with Gasteiger partial charge in [0.15, 0.2) is 0 Å². The third kappa shape index (κ3) is 3.51. The van der Waals surface area contributed by atoms with Gasteiger partial charge >= 0.3 is 5.97 Å². The van der Waals surface area contributed by atoms with Gasteiger partial charge in [-0.25, -0.2) is 4.79 Å². The Labute approximate surface area is 110 Å². The summed E-state index contributed by atoms with van der Waals surface area (Å²) in [4.78, 5) is 24.7. The molecule has 0 bridgehead atoms. The Morgan fingerprint density at radius 3 is 2.50 bits per heavy atom. The first-order valence-electron chi connectivity index (χ1n) is 5.71. The SMILES string of the molecule is CCN(CC)CC(=O)Nc1snc(C)c1C(=O)O. The van der Waals surface area contributed by atoms with Crippen molar-refractivity contribution in [3.05, 3.63) is 11.3 Å². The van der Waals surface area contributed by atoms with Crippen LogP contribution in [0.1, 0.15) is 29.9 Å². The van der Waals surface area contributed by atoms with Crippen LogP contribution in [-0.2, 0) is 4.79 Å². The summed E-state index contributed by atoms with van der Waals surface area (Å²) in [7, 11) is 0. The number of anilines is 1. The van der Waals surface area contributed by atoms with Gasteiger partial charge in [-0.2, -0.15) is 4.37 Å². The van der Waals surface area contributed by atoms with Crippen molar-refractivity contribution in [3.8, 4) is 0 Å². The monoisotopic (exact) mass is 271 g/mol. The Morgan fingerprint density at radius 1 is 1.39 bits per heavy atom. The molecular weight excluding hydrogens is 254 g/mol. The molecule has 0 aliphatic heterocycles. The lowest BCUT2D eigenvalue weighted by Gasteiger charge is -2.16. The molecule has 0 aromatic carbocycles. The standard InChI is InChI=1S/C11H17N3O3S/c1-4-14(5-2)6-8(15)12-10-9(11(16)17)7(3)13-18-10/h4-6H2,1-3H3,(H,12,15)(H,16,17). The minimum atomic E-state index is -1.07. The number of hydrogen-bond acceptors (Lipinski definition) is 5. The lowest BCUT2D eigenvalue weighted by molar-refractivity contribution is -0.117. The molecular formula is C11H17N3O3S. The Balaban J connectivity index is 2.73. The number of carbonyl (C=O) groups excluding carboxylic acids is 1. The third-order valence-corrected chi connectivity index (χ3v) is 3.45. The van der Waals surface area contributed by atoms with E-state index in [1.54, 1.807) is 6.92 Å². The average Bonchev–Trinajstić information content (AvgIpc) is 2.67. The summed E-state index contributed by atoms with van der Waals surface area (Å²) < 4.78 is 3.94. The van der Waals surface area contributed by atoms with E-state index in [0.717, 1.165) is 24.6 Å². The molecule has 1 aromatic rings. The molecule has 0 aliphatic rings. The molecule has 100 valence electrons. The topological polar surface area (TPSA) is 82.5 Å². The summed E-state index contributed by atoms with van der Waals surface area (Å²) in [6, 6.07) is 0. The van der Waals surface area contributed by atoms with E-state index in [9.17, 15) is 9.59 Å². The molecule has 2 N–H and O–H groups in total. The molecule has 0 spiro atoms. The Hall–Kier alpha value is -1.47. The van der Waals surface area contributed by atoms with Crippen LogP contribution in [0.25, 0.3) is 0 Å². The molecule has 0 unspecified atom stereocenters. The van der Waals surface area contributed by atoms with Gasteiger partial charge in [-0.3, -0.25) is 9.69 Å². The van der Waals surface area contributed by atoms with Gasteiger partial charge in [-0.1, -0.05) is 13.8 Å². The highest BCUT2D eigenvalue weighted by Crippen LogP contribution is 2.24. The van der Waals surface area contributed by atoms with Crippen molar-refractivity contribution >= 4 is 28.4 Å². The number of rotatable bonds is 6. The van der Waals surface area contributed by atoms with Crippen molar-refractivity contribution in [1.82, 2.24) is 9.27 Å². The molecule has 1 amide bonds. The van der Waals surface area contributed by atoms with Gasteiger partial charge in [-0.05, 0) is 31.5 Å². The van der Waals surface area contributed by atoms with Crippen molar-refractivity contribution in [1.29, 1.82) is 0 Å². The summed E-state index contributed by atoms with van der Waals surface area (Å²) in [6.07, 6.45) is 0. The molecule has 0 aliphatic carbocycles. The van der Waals surface area contributed by atoms with E-state index >= 15 is 0 Å². The molecule has 1 rings (SSSR count). The van der Waals surface area contributed by atoms with Gasteiger partial charge in [-0.15, -0.1) is 0 Å². The van der Waals surface area contributed by atoms with Crippen LogP contribution in [0, 0.1) is 6.92 Å². The number of nitrogens with one attached hydrogen (secondary N) is 1. The van der Waals surface area contributed by atoms with E-state index in [1.165, 1.54) is 0 Å². The van der Waals surface area contributed by atoms with Gasteiger partial charge in [0, 0.05) is 0 Å². The van der Waals surface area contributed by atoms with E-state index in [4.69, 9.17) is 5.11 Å². The van der Waals surface area contributed by atoms with Crippen LogP contribution in [0.2, 0.25) is 0 Å². The highest BCUT2D eigenvalue weighted by Gasteiger charge is 2.19. The van der Waals surface area contributed by atoms with Gasteiger partial charge in [0.05, 0.1) is 12.2 Å². The predicted molar refractivity (Wildman–Crippen MR) is 70.2 cm³/mol. The number of aromatic nitrogens is 1. The lowest BCUT2D eigenvalue weighted by Crippen LogP contribution is -2.33. The number of carboxylic acid groups (broad SMARTS) is 1. The number of amides is 1. The van der Waals surface area contributed by atoms with Crippen LogP contribution < -0.4 is 5.32 Å². The molecule has 0 radical (unpaired) electrons. The second-order valence-electron chi connectivity index (χ2n) is 3.79. The molecule has 0 atom stereocenters. The zero-order valence-corrected chi connectivity index (χ0v) is 11.5. The molecule has 1 heterocycles. The van der Waals surface area contributed by atoms with E-state index in [2.05, 4.69) is 9.69 Å². The maximum Gasteiger partial charge on any atom is 0.340 e. The number of aromatic carboxylic acids is 1. The predicted octanol–water partition coefficient (Wildman–Crippen LogP) is 1.43. The van der Waals surface area contributed by atoms with Gasteiger partial charge in [0.2, 0.25) is 5.91 Å². The van der Waals surface area contributed by atoms with Crippen LogP contribution in [0.15, 0.2) is 0 Å². The average molecular weight is 271 g/mol. The third-order valence-electron chi connectivity index (χ3n) is 2.59. The highest BCUT2D eigenvalue weighted by atomic mass is 32.1. The van der Waals surface area contributed by atoms with Crippen LogP contribution in [0.4, 0.5) is 5.00 Å². The molecule has 7 heteroatoms. The smallest absolute Gasteiger partial charge is 0.340 e. The summed E-state index contributed by atoms with van der Waals surface area (Å²) in [6.45, 7) is 7.35. The van der Waals surface area contributed by atoms with Crippen LogP contribution in [0.3, 0.4) is 0 Å². The molecule has 0 saturated carbocycles. The Kier molecular flexibility index (Phi) is 5.24.